The number of alkyl halides is 1. The zero-order valence-electron chi connectivity index (χ0n) is 7.74. The van der Waals surface area contributed by atoms with Crippen LogP contribution in [0.25, 0.3) is 0 Å². The minimum absolute atomic E-state index is 0.0677. The lowest BCUT2D eigenvalue weighted by Gasteiger charge is -2.11. The summed E-state index contributed by atoms with van der Waals surface area (Å²) in [7, 11) is 0. The van der Waals surface area contributed by atoms with E-state index in [-0.39, 0.29) is 5.88 Å². The zero-order chi connectivity index (χ0) is 10.6. The van der Waals surface area contributed by atoms with Crippen LogP contribution in [-0.4, -0.2) is 17.0 Å². The number of carbonyl (C=O) groups is 1. The number of benzene rings is 1. The van der Waals surface area contributed by atoms with E-state index in [4.69, 9.17) is 16.3 Å². The van der Waals surface area contributed by atoms with Gasteiger partial charge in [-0.3, -0.25) is 4.79 Å². The van der Waals surface area contributed by atoms with Crippen LogP contribution in [0.5, 0.6) is 5.75 Å². The molecule has 1 aromatic rings. The van der Waals surface area contributed by atoms with Crippen molar-refractivity contribution in [3.05, 3.63) is 29.8 Å². The van der Waals surface area contributed by atoms with E-state index in [9.17, 15) is 9.90 Å². The first kappa shape index (κ1) is 11.0. The Bertz CT molecular complexity index is 325. The molecule has 1 rings (SSSR count). The van der Waals surface area contributed by atoms with Crippen molar-refractivity contribution in [2.24, 2.45) is 0 Å². The standard InChI is InChI=1S/C10H11ClO3/c1-7(12)14-10-5-3-2-4-8(10)9(13)6-11/h2-5,9,13H,6H2,1H3. The van der Waals surface area contributed by atoms with Crippen LogP contribution in [-0.2, 0) is 4.79 Å². The van der Waals surface area contributed by atoms with Gasteiger partial charge in [-0.15, -0.1) is 11.6 Å². The average Bonchev–Trinajstić information content (AvgIpc) is 2.16. The molecule has 1 aromatic carbocycles. The second kappa shape index (κ2) is 4.98. The van der Waals surface area contributed by atoms with Crippen molar-refractivity contribution in [1.82, 2.24) is 0 Å². The number of rotatable bonds is 3. The molecule has 0 fully saturated rings. The first-order chi connectivity index (χ1) is 6.65. The maximum atomic E-state index is 10.7. The molecule has 0 aromatic heterocycles. The second-order valence-electron chi connectivity index (χ2n) is 2.80. The lowest BCUT2D eigenvalue weighted by Crippen LogP contribution is -2.07. The first-order valence-corrected chi connectivity index (χ1v) is 4.70. The Labute approximate surface area is 87.3 Å². The van der Waals surface area contributed by atoms with Crippen LogP contribution in [0.4, 0.5) is 0 Å². The van der Waals surface area contributed by atoms with Gasteiger partial charge in [-0.2, -0.15) is 0 Å². The first-order valence-electron chi connectivity index (χ1n) is 4.16. The monoisotopic (exact) mass is 214 g/mol. The summed E-state index contributed by atoms with van der Waals surface area (Å²) in [5.41, 5.74) is 0.526. The van der Waals surface area contributed by atoms with E-state index in [1.807, 2.05) is 0 Å². The number of aliphatic hydroxyl groups excluding tert-OH is 1. The lowest BCUT2D eigenvalue weighted by molar-refractivity contribution is -0.131. The number of halogens is 1. The van der Waals surface area contributed by atoms with Crippen LogP contribution in [0.1, 0.15) is 18.6 Å². The number of hydrogen-bond donors (Lipinski definition) is 1. The minimum atomic E-state index is -0.813. The predicted molar refractivity (Wildman–Crippen MR) is 53.4 cm³/mol. The SMILES string of the molecule is CC(=O)Oc1ccccc1C(O)CCl. The predicted octanol–water partition coefficient (Wildman–Crippen LogP) is 1.88. The molecule has 14 heavy (non-hydrogen) atoms. The fourth-order valence-electron chi connectivity index (χ4n) is 1.09. The van der Waals surface area contributed by atoms with Crippen molar-refractivity contribution in [1.29, 1.82) is 0 Å². The highest BCUT2D eigenvalue weighted by atomic mass is 35.5. The molecule has 1 unspecified atom stereocenters. The van der Waals surface area contributed by atoms with Gasteiger partial charge in [0.1, 0.15) is 5.75 Å². The normalized spacial score (nSPS) is 12.2. The molecule has 4 heteroatoms. The summed E-state index contributed by atoms with van der Waals surface area (Å²) >= 11 is 5.50. The Balaban J connectivity index is 2.96. The molecule has 0 radical (unpaired) electrons. The van der Waals surface area contributed by atoms with E-state index in [0.29, 0.717) is 11.3 Å². The molecule has 0 aliphatic carbocycles. The molecule has 0 spiro atoms. The molecule has 0 heterocycles. The van der Waals surface area contributed by atoms with Crippen LogP contribution in [0, 0.1) is 0 Å². The summed E-state index contributed by atoms with van der Waals surface area (Å²) in [6, 6.07) is 6.76. The van der Waals surface area contributed by atoms with Crippen molar-refractivity contribution >= 4 is 17.6 Å². The number of para-hydroxylation sites is 1. The van der Waals surface area contributed by atoms with Gasteiger partial charge in [-0.05, 0) is 6.07 Å². The van der Waals surface area contributed by atoms with Gasteiger partial charge in [0.2, 0.25) is 0 Å². The van der Waals surface area contributed by atoms with E-state index < -0.39 is 12.1 Å². The van der Waals surface area contributed by atoms with Crippen LogP contribution >= 0.6 is 11.6 Å². The van der Waals surface area contributed by atoms with Gasteiger partial charge in [0.25, 0.3) is 0 Å². The lowest BCUT2D eigenvalue weighted by atomic mass is 10.1. The van der Waals surface area contributed by atoms with Crippen LogP contribution in [0.3, 0.4) is 0 Å². The van der Waals surface area contributed by atoms with Gasteiger partial charge in [0, 0.05) is 12.5 Å². The maximum absolute atomic E-state index is 10.7. The Morgan fingerprint density at radius 1 is 1.57 bits per heavy atom. The highest BCUT2D eigenvalue weighted by molar-refractivity contribution is 6.18. The Hall–Kier alpha value is -1.06. The van der Waals surface area contributed by atoms with Crippen LogP contribution in [0.15, 0.2) is 24.3 Å². The fourth-order valence-corrected chi connectivity index (χ4v) is 1.25. The Morgan fingerprint density at radius 2 is 2.21 bits per heavy atom. The molecule has 1 N–H and O–H groups in total. The van der Waals surface area contributed by atoms with Crippen molar-refractivity contribution in [2.75, 3.05) is 5.88 Å². The van der Waals surface area contributed by atoms with E-state index in [2.05, 4.69) is 0 Å². The smallest absolute Gasteiger partial charge is 0.308 e. The molecule has 1 atom stereocenters. The van der Waals surface area contributed by atoms with Crippen molar-refractivity contribution < 1.29 is 14.6 Å². The largest absolute Gasteiger partial charge is 0.426 e. The number of esters is 1. The van der Waals surface area contributed by atoms with Crippen molar-refractivity contribution in [3.8, 4) is 5.75 Å². The number of ether oxygens (including phenoxy) is 1. The van der Waals surface area contributed by atoms with Gasteiger partial charge in [-0.1, -0.05) is 18.2 Å². The quantitative estimate of drug-likeness (QED) is 0.475. The highest BCUT2D eigenvalue weighted by Gasteiger charge is 2.12. The average molecular weight is 215 g/mol. The summed E-state index contributed by atoms with van der Waals surface area (Å²) in [5, 5.41) is 9.50. The summed E-state index contributed by atoms with van der Waals surface area (Å²) < 4.78 is 4.91. The molecule has 0 aliphatic heterocycles. The van der Waals surface area contributed by atoms with Crippen molar-refractivity contribution in [3.63, 3.8) is 0 Å². The summed E-state index contributed by atoms with van der Waals surface area (Å²) in [4.78, 5) is 10.7. The van der Waals surface area contributed by atoms with Gasteiger partial charge in [0.05, 0.1) is 12.0 Å². The highest BCUT2D eigenvalue weighted by Crippen LogP contribution is 2.25. The molecule has 3 nitrogen and oxygen atoms in total. The second-order valence-corrected chi connectivity index (χ2v) is 3.11. The number of hydrogen-bond acceptors (Lipinski definition) is 3. The van der Waals surface area contributed by atoms with Gasteiger partial charge in [0.15, 0.2) is 0 Å². The molecule has 0 bridgehead atoms. The maximum Gasteiger partial charge on any atom is 0.308 e. The molecule has 0 amide bonds. The van der Waals surface area contributed by atoms with Crippen molar-refractivity contribution in [2.45, 2.75) is 13.0 Å². The molecule has 0 aliphatic rings. The molecule has 76 valence electrons. The molecular formula is C10H11ClO3. The Kier molecular flexibility index (Phi) is 3.92. The number of aliphatic hydroxyl groups is 1. The zero-order valence-corrected chi connectivity index (χ0v) is 8.49. The third-order valence-corrected chi connectivity index (χ3v) is 1.97. The molecular weight excluding hydrogens is 204 g/mol. The molecule has 0 saturated carbocycles. The van der Waals surface area contributed by atoms with Crippen LogP contribution < -0.4 is 4.74 Å². The van der Waals surface area contributed by atoms with Gasteiger partial charge < -0.3 is 9.84 Å². The van der Waals surface area contributed by atoms with Gasteiger partial charge in [-0.25, -0.2) is 0 Å². The van der Waals surface area contributed by atoms with E-state index in [1.54, 1.807) is 24.3 Å². The number of carbonyl (C=O) groups excluding carboxylic acids is 1. The van der Waals surface area contributed by atoms with E-state index in [0.717, 1.165) is 0 Å². The topological polar surface area (TPSA) is 46.5 Å². The van der Waals surface area contributed by atoms with E-state index in [1.165, 1.54) is 6.92 Å². The molecule has 0 saturated heterocycles. The summed E-state index contributed by atoms with van der Waals surface area (Å²) in [5.74, 6) is 0.00512. The summed E-state index contributed by atoms with van der Waals surface area (Å²) in [6.45, 7) is 1.31. The van der Waals surface area contributed by atoms with Crippen LogP contribution in [0.2, 0.25) is 0 Å². The Morgan fingerprint density at radius 3 is 2.79 bits per heavy atom. The van der Waals surface area contributed by atoms with Gasteiger partial charge >= 0.3 is 5.97 Å². The minimum Gasteiger partial charge on any atom is -0.426 e. The van der Waals surface area contributed by atoms with E-state index >= 15 is 0 Å². The third kappa shape index (κ3) is 2.72. The fraction of sp³-hybridized carbons (Fsp3) is 0.300. The summed E-state index contributed by atoms with van der Waals surface area (Å²) in [6.07, 6.45) is -0.813. The third-order valence-electron chi connectivity index (χ3n) is 1.68.